The summed E-state index contributed by atoms with van der Waals surface area (Å²) >= 11 is 0. The molecule has 3 aliphatic rings. The van der Waals surface area contributed by atoms with Crippen LogP contribution in [0.4, 0.5) is 0 Å². The predicted octanol–water partition coefficient (Wildman–Crippen LogP) is 7.16. The quantitative estimate of drug-likeness (QED) is 0.238. The number of fused-ring (bicyclic) bond motifs is 5. The summed E-state index contributed by atoms with van der Waals surface area (Å²) in [7, 11) is 11.1. The third-order valence-corrected chi connectivity index (χ3v) is 9.80. The number of methoxy groups -OCH3 is 4. The first kappa shape index (κ1) is 30.3. The molecule has 4 aromatic carbocycles. The second-order valence-corrected chi connectivity index (χ2v) is 12.4. The van der Waals surface area contributed by atoms with Crippen LogP contribution in [0.5, 0.6) is 46.0 Å². The average molecular weight is 623 g/mol. The van der Waals surface area contributed by atoms with Crippen molar-refractivity contribution in [3.8, 4) is 46.0 Å². The molecule has 0 amide bonds. The van der Waals surface area contributed by atoms with Crippen LogP contribution in [-0.4, -0.2) is 65.4 Å². The molecular formula is C38H42N2O6. The summed E-state index contributed by atoms with van der Waals surface area (Å²) in [4.78, 5) is 4.80. The molecule has 4 aromatic rings. The van der Waals surface area contributed by atoms with Gasteiger partial charge in [-0.15, -0.1) is 0 Å². The molecule has 0 radical (unpaired) electrons. The summed E-state index contributed by atoms with van der Waals surface area (Å²) in [6, 6.07) is 21.1. The van der Waals surface area contributed by atoms with Gasteiger partial charge in [-0.05, 0) is 98.4 Å². The van der Waals surface area contributed by atoms with Gasteiger partial charge in [0.2, 0.25) is 11.5 Å². The van der Waals surface area contributed by atoms with Crippen molar-refractivity contribution in [1.82, 2.24) is 9.80 Å². The summed E-state index contributed by atoms with van der Waals surface area (Å²) in [5.41, 5.74) is 7.00. The number of rotatable bonds is 4. The minimum absolute atomic E-state index is 0.0420. The van der Waals surface area contributed by atoms with Crippen molar-refractivity contribution < 1.29 is 28.4 Å². The van der Waals surface area contributed by atoms with Crippen LogP contribution >= 0.6 is 0 Å². The summed E-state index contributed by atoms with van der Waals surface area (Å²) < 4.78 is 37.3. The van der Waals surface area contributed by atoms with Gasteiger partial charge in [0.05, 0.1) is 28.4 Å². The van der Waals surface area contributed by atoms with Crippen LogP contribution in [-0.2, 0) is 25.7 Å². The first-order valence-electron chi connectivity index (χ1n) is 15.9. The third-order valence-electron chi connectivity index (χ3n) is 9.80. The van der Waals surface area contributed by atoms with Gasteiger partial charge in [-0.25, -0.2) is 0 Å². The molecule has 0 unspecified atom stereocenters. The van der Waals surface area contributed by atoms with Gasteiger partial charge in [0.15, 0.2) is 23.0 Å². The SMILES string of the molecule is COc1cc2c3c(c1OC)Oc1cccc(c1)C[C@@H]1c4cc(c(OC)c(OC)c4CCN1C)Oc1cccc(c1)C[C@H]3N(C)CC2. The first-order chi connectivity index (χ1) is 22.4. The highest BCUT2D eigenvalue weighted by molar-refractivity contribution is 5.63. The van der Waals surface area contributed by atoms with E-state index in [1.165, 1.54) is 16.7 Å². The van der Waals surface area contributed by atoms with E-state index in [0.29, 0.717) is 28.7 Å². The molecular weight excluding hydrogens is 580 g/mol. The van der Waals surface area contributed by atoms with Crippen LogP contribution in [0.1, 0.15) is 45.5 Å². The van der Waals surface area contributed by atoms with Crippen LogP contribution in [0.25, 0.3) is 0 Å². The van der Waals surface area contributed by atoms with Crippen molar-refractivity contribution in [2.45, 2.75) is 37.8 Å². The Morgan fingerprint density at radius 3 is 1.96 bits per heavy atom. The van der Waals surface area contributed by atoms with Crippen LogP contribution in [0.15, 0.2) is 60.7 Å². The molecule has 0 spiro atoms. The van der Waals surface area contributed by atoms with Gasteiger partial charge in [-0.3, -0.25) is 9.80 Å². The van der Waals surface area contributed by atoms with E-state index in [-0.39, 0.29) is 12.1 Å². The van der Waals surface area contributed by atoms with Crippen molar-refractivity contribution >= 4 is 0 Å². The Balaban J connectivity index is 1.45. The van der Waals surface area contributed by atoms with E-state index in [4.69, 9.17) is 28.4 Å². The van der Waals surface area contributed by atoms with Gasteiger partial charge in [-0.1, -0.05) is 24.3 Å². The molecule has 0 N–H and O–H groups in total. The molecule has 240 valence electrons. The zero-order valence-corrected chi connectivity index (χ0v) is 27.5. The summed E-state index contributed by atoms with van der Waals surface area (Å²) in [6.45, 7) is 1.82. The maximum absolute atomic E-state index is 6.88. The van der Waals surface area contributed by atoms with Crippen molar-refractivity contribution in [3.63, 3.8) is 0 Å². The first-order valence-corrected chi connectivity index (χ1v) is 15.9. The molecule has 8 heteroatoms. The fraction of sp³-hybridized carbons (Fsp3) is 0.368. The van der Waals surface area contributed by atoms with Crippen molar-refractivity contribution in [2.24, 2.45) is 0 Å². The van der Waals surface area contributed by atoms with E-state index >= 15 is 0 Å². The Morgan fingerprint density at radius 2 is 1.28 bits per heavy atom. The Morgan fingerprint density at radius 1 is 0.652 bits per heavy atom. The summed E-state index contributed by atoms with van der Waals surface area (Å²) in [5, 5.41) is 0. The molecule has 46 heavy (non-hydrogen) atoms. The standard InChI is InChI=1S/C38H42N2O6/c1-39-16-14-28-29-22-33(37(44-6)35(28)42-4)45-26-11-7-10-24(17-26)20-31-34-25(13-15-40(31)2)21-32(41-3)36(43-5)38(34)46-27-12-8-9-23(18-27)19-30(29)39/h7-12,17-18,21-22,30-31H,13-16,19-20H2,1-6H3/t30-,31-/m1/s1. The zero-order chi connectivity index (χ0) is 31.9. The number of likely N-dealkylation sites (N-methyl/N-ethyl adjacent to an activating group) is 2. The maximum Gasteiger partial charge on any atom is 0.204 e. The third kappa shape index (κ3) is 5.29. The second-order valence-electron chi connectivity index (χ2n) is 12.4. The van der Waals surface area contributed by atoms with E-state index in [2.05, 4.69) is 72.4 Å². The minimum Gasteiger partial charge on any atom is -0.493 e. The van der Waals surface area contributed by atoms with E-state index in [1.807, 2.05) is 12.1 Å². The van der Waals surface area contributed by atoms with E-state index < -0.39 is 0 Å². The molecule has 0 saturated carbocycles. The fourth-order valence-corrected chi connectivity index (χ4v) is 7.46. The highest BCUT2D eigenvalue weighted by Crippen LogP contribution is 2.51. The van der Waals surface area contributed by atoms with Crippen LogP contribution in [0.3, 0.4) is 0 Å². The molecule has 0 fully saturated rings. The second kappa shape index (κ2) is 12.4. The summed E-state index contributed by atoms with van der Waals surface area (Å²) in [5.74, 6) is 5.51. The van der Waals surface area contributed by atoms with Gasteiger partial charge >= 0.3 is 0 Å². The lowest BCUT2D eigenvalue weighted by Gasteiger charge is -2.37. The van der Waals surface area contributed by atoms with Gasteiger partial charge in [0.25, 0.3) is 0 Å². The lowest BCUT2D eigenvalue weighted by Crippen LogP contribution is -2.34. The van der Waals surface area contributed by atoms with Crippen LogP contribution in [0, 0.1) is 0 Å². The lowest BCUT2D eigenvalue weighted by atomic mass is 9.87. The smallest absolute Gasteiger partial charge is 0.204 e. The van der Waals surface area contributed by atoms with E-state index in [0.717, 1.165) is 72.7 Å². The Kier molecular flexibility index (Phi) is 8.17. The van der Waals surface area contributed by atoms with Gasteiger partial charge in [0.1, 0.15) is 11.5 Å². The van der Waals surface area contributed by atoms with Gasteiger partial charge < -0.3 is 28.4 Å². The van der Waals surface area contributed by atoms with Crippen LogP contribution in [0.2, 0.25) is 0 Å². The summed E-state index contributed by atoms with van der Waals surface area (Å²) in [6.07, 6.45) is 3.28. The lowest BCUT2D eigenvalue weighted by molar-refractivity contribution is 0.221. The number of ether oxygens (including phenoxy) is 6. The van der Waals surface area contributed by atoms with Crippen molar-refractivity contribution in [2.75, 3.05) is 55.6 Å². The van der Waals surface area contributed by atoms with Crippen molar-refractivity contribution in [3.05, 3.63) is 94.0 Å². The molecule has 3 aliphatic heterocycles. The van der Waals surface area contributed by atoms with Gasteiger partial charge in [0, 0.05) is 36.3 Å². The monoisotopic (exact) mass is 622 g/mol. The number of nitrogens with zero attached hydrogens (tertiary/aromatic N) is 2. The molecule has 0 aromatic heterocycles. The maximum atomic E-state index is 6.88. The van der Waals surface area contributed by atoms with E-state index in [1.54, 1.807) is 28.4 Å². The molecule has 6 bridgehead atoms. The highest BCUT2D eigenvalue weighted by Gasteiger charge is 2.34. The molecule has 2 atom stereocenters. The highest BCUT2D eigenvalue weighted by atomic mass is 16.5. The normalized spacial score (nSPS) is 19.2. The van der Waals surface area contributed by atoms with Crippen LogP contribution < -0.4 is 28.4 Å². The predicted molar refractivity (Wildman–Crippen MR) is 178 cm³/mol. The fourth-order valence-electron chi connectivity index (χ4n) is 7.46. The Bertz CT molecular complexity index is 1770. The molecule has 3 heterocycles. The average Bonchev–Trinajstić information content (AvgIpc) is 3.06. The number of hydrogen-bond donors (Lipinski definition) is 0. The zero-order valence-electron chi connectivity index (χ0n) is 27.5. The topological polar surface area (TPSA) is 61.9 Å². The molecule has 7 rings (SSSR count). The largest absolute Gasteiger partial charge is 0.493 e. The number of benzene rings is 4. The van der Waals surface area contributed by atoms with Crippen molar-refractivity contribution in [1.29, 1.82) is 0 Å². The Hall–Kier alpha value is -4.40. The Labute approximate surface area is 271 Å². The molecule has 0 saturated heterocycles. The van der Waals surface area contributed by atoms with Gasteiger partial charge in [-0.2, -0.15) is 0 Å². The van der Waals surface area contributed by atoms with E-state index in [9.17, 15) is 0 Å². The molecule has 8 nitrogen and oxygen atoms in total. The molecule has 0 aliphatic carbocycles. The minimum atomic E-state index is 0.0420. The number of hydrogen-bond acceptors (Lipinski definition) is 8.